The smallest absolute Gasteiger partial charge is 0.361 e. The van der Waals surface area contributed by atoms with Crippen molar-refractivity contribution in [3.05, 3.63) is 33.7 Å². The monoisotopic (exact) mass is 349 g/mol. The first-order valence-electron chi connectivity index (χ1n) is 5.38. The van der Waals surface area contributed by atoms with Crippen LogP contribution in [0.5, 0.6) is 0 Å². The zero-order chi connectivity index (χ0) is 14.9. The van der Waals surface area contributed by atoms with Crippen LogP contribution in [0.2, 0.25) is 0 Å². The van der Waals surface area contributed by atoms with E-state index in [9.17, 15) is 18.0 Å². The molecule has 0 atom stereocenters. The first-order valence-corrected chi connectivity index (χ1v) is 6.17. The van der Waals surface area contributed by atoms with Gasteiger partial charge in [-0.25, -0.2) is 18.0 Å². The van der Waals surface area contributed by atoms with Gasteiger partial charge in [0.05, 0.1) is 16.6 Å². The molecule has 0 amide bonds. The lowest BCUT2D eigenvalue weighted by Gasteiger charge is -2.06. The highest BCUT2D eigenvalue weighted by Crippen LogP contribution is 2.32. The lowest BCUT2D eigenvalue weighted by molar-refractivity contribution is 0.0520. The van der Waals surface area contributed by atoms with Gasteiger partial charge in [-0.15, -0.1) is 5.10 Å². The summed E-state index contributed by atoms with van der Waals surface area (Å²) in [6.07, 6.45) is 0. The molecule has 2 aromatic rings. The number of nitrogens with zero attached hydrogens (tertiary/aromatic N) is 2. The number of carbonyl (C=O) groups excluding carboxylic acids is 1. The zero-order valence-electron chi connectivity index (χ0n) is 10.0. The lowest BCUT2D eigenvalue weighted by atomic mass is 10.1. The number of halogens is 4. The van der Waals surface area contributed by atoms with E-state index in [0.29, 0.717) is 6.07 Å². The molecule has 0 spiro atoms. The summed E-state index contributed by atoms with van der Waals surface area (Å²) in [5.41, 5.74) is -1.69. The van der Waals surface area contributed by atoms with Gasteiger partial charge >= 0.3 is 5.97 Å². The molecule has 1 aromatic heterocycles. The Morgan fingerprint density at radius 2 is 2.05 bits per heavy atom. The maximum Gasteiger partial charge on any atom is 0.361 e. The molecule has 0 fully saturated rings. The van der Waals surface area contributed by atoms with Crippen molar-refractivity contribution in [2.45, 2.75) is 6.92 Å². The van der Waals surface area contributed by atoms with Gasteiger partial charge in [0.2, 0.25) is 0 Å². The topological polar surface area (TPSA) is 67.9 Å². The highest BCUT2D eigenvalue weighted by atomic mass is 79.9. The van der Waals surface area contributed by atoms with E-state index in [4.69, 9.17) is 0 Å². The summed E-state index contributed by atoms with van der Waals surface area (Å²) in [5.74, 6) is -4.77. The van der Waals surface area contributed by atoms with Crippen LogP contribution in [-0.2, 0) is 4.74 Å². The lowest BCUT2D eigenvalue weighted by Crippen LogP contribution is -2.08. The van der Waals surface area contributed by atoms with Gasteiger partial charge < -0.3 is 4.74 Å². The molecule has 0 aliphatic rings. The molecule has 0 aliphatic carbocycles. The van der Waals surface area contributed by atoms with E-state index >= 15 is 0 Å². The summed E-state index contributed by atoms with van der Waals surface area (Å²) >= 11 is 2.75. The Kier molecular flexibility index (Phi) is 4.07. The van der Waals surface area contributed by atoms with Crippen molar-refractivity contribution in [1.82, 2.24) is 15.4 Å². The number of hydrogen-bond acceptors (Lipinski definition) is 4. The standard InChI is InChI=1S/C11H7BrF3N3O2/c1-2-20-11(19)10-9(16-18-17-10)6-7(14)4(12)3-5(13)8(6)15/h3H,2H2,1H3,(H,16,17,18). The predicted molar refractivity (Wildman–Crippen MR) is 65.3 cm³/mol. The molecule has 0 bridgehead atoms. The van der Waals surface area contributed by atoms with E-state index in [2.05, 4.69) is 36.1 Å². The number of nitrogens with one attached hydrogen (secondary N) is 1. The molecule has 1 aromatic carbocycles. The number of aromatic nitrogens is 3. The van der Waals surface area contributed by atoms with E-state index < -0.39 is 40.4 Å². The number of esters is 1. The van der Waals surface area contributed by atoms with Crippen molar-refractivity contribution >= 4 is 21.9 Å². The minimum absolute atomic E-state index is 0.0446. The van der Waals surface area contributed by atoms with Crippen LogP contribution in [0.15, 0.2) is 10.5 Å². The first kappa shape index (κ1) is 14.5. The molecular formula is C11H7BrF3N3O2. The minimum Gasteiger partial charge on any atom is -0.461 e. The zero-order valence-corrected chi connectivity index (χ0v) is 11.6. The average Bonchev–Trinajstić information content (AvgIpc) is 2.86. The third-order valence-electron chi connectivity index (χ3n) is 2.37. The van der Waals surface area contributed by atoms with Crippen LogP contribution in [0, 0.1) is 17.5 Å². The van der Waals surface area contributed by atoms with Crippen molar-refractivity contribution < 1.29 is 22.7 Å². The van der Waals surface area contributed by atoms with Crippen molar-refractivity contribution in [3.8, 4) is 11.3 Å². The number of rotatable bonds is 3. The van der Waals surface area contributed by atoms with E-state index in [1.54, 1.807) is 6.92 Å². The summed E-state index contributed by atoms with van der Waals surface area (Å²) in [5, 5.41) is 9.02. The van der Waals surface area contributed by atoms with Crippen molar-refractivity contribution in [1.29, 1.82) is 0 Å². The Morgan fingerprint density at radius 3 is 2.70 bits per heavy atom. The van der Waals surface area contributed by atoms with Crippen LogP contribution in [0.4, 0.5) is 13.2 Å². The molecule has 2 rings (SSSR count). The number of benzene rings is 1. The predicted octanol–water partition coefficient (Wildman–Crippen LogP) is 2.83. The summed E-state index contributed by atoms with van der Waals surface area (Å²) < 4.78 is 45.4. The molecule has 0 saturated heterocycles. The summed E-state index contributed by atoms with van der Waals surface area (Å²) in [6.45, 7) is 1.60. The summed E-state index contributed by atoms with van der Waals surface area (Å²) in [6, 6.07) is 0.637. The van der Waals surface area contributed by atoms with Gasteiger partial charge in [0.15, 0.2) is 17.3 Å². The van der Waals surface area contributed by atoms with E-state index in [1.807, 2.05) is 0 Å². The van der Waals surface area contributed by atoms with Gasteiger partial charge in [-0.1, -0.05) is 0 Å². The summed E-state index contributed by atoms with van der Waals surface area (Å²) in [4.78, 5) is 11.6. The van der Waals surface area contributed by atoms with Gasteiger partial charge in [-0.05, 0) is 28.9 Å². The maximum absolute atomic E-state index is 13.9. The molecule has 20 heavy (non-hydrogen) atoms. The molecular weight excluding hydrogens is 343 g/mol. The van der Waals surface area contributed by atoms with Crippen LogP contribution >= 0.6 is 15.9 Å². The molecule has 5 nitrogen and oxygen atoms in total. The highest BCUT2D eigenvalue weighted by Gasteiger charge is 2.27. The van der Waals surface area contributed by atoms with Gasteiger partial charge in [-0.3, -0.25) is 0 Å². The number of aromatic amines is 1. The molecule has 0 radical (unpaired) electrons. The fourth-order valence-corrected chi connectivity index (χ4v) is 1.93. The fourth-order valence-electron chi connectivity index (χ4n) is 1.53. The Balaban J connectivity index is 2.64. The van der Waals surface area contributed by atoms with Crippen LogP contribution in [0.3, 0.4) is 0 Å². The third kappa shape index (κ3) is 2.40. The van der Waals surface area contributed by atoms with Crippen molar-refractivity contribution in [3.63, 3.8) is 0 Å². The molecule has 1 N–H and O–H groups in total. The normalized spacial score (nSPS) is 10.7. The Morgan fingerprint density at radius 1 is 1.35 bits per heavy atom. The highest BCUT2D eigenvalue weighted by molar-refractivity contribution is 9.10. The second-order valence-electron chi connectivity index (χ2n) is 3.58. The number of ether oxygens (including phenoxy) is 1. The van der Waals surface area contributed by atoms with Gasteiger partial charge in [0.25, 0.3) is 0 Å². The summed E-state index contributed by atoms with van der Waals surface area (Å²) in [7, 11) is 0. The molecule has 0 saturated carbocycles. The first-order chi connectivity index (χ1) is 9.47. The van der Waals surface area contributed by atoms with Crippen LogP contribution in [0.25, 0.3) is 11.3 Å². The molecule has 0 aliphatic heterocycles. The van der Waals surface area contributed by atoms with Gasteiger partial charge in [0.1, 0.15) is 11.5 Å². The Bertz CT molecular complexity index is 649. The molecule has 0 unspecified atom stereocenters. The van der Waals surface area contributed by atoms with Gasteiger partial charge in [-0.2, -0.15) is 10.3 Å². The van der Waals surface area contributed by atoms with Crippen LogP contribution < -0.4 is 0 Å². The minimum atomic E-state index is -1.47. The molecule has 1 heterocycles. The number of hydrogen-bond donors (Lipinski definition) is 1. The third-order valence-corrected chi connectivity index (χ3v) is 2.94. The number of H-pyrrole nitrogens is 1. The average molecular weight is 350 g/mol. The SMILES string of the molecule is CCOC(=O)c1n[nH]nc1-c1c(F)c(F)cc(Br)c1F. The second kappa shape index (κ2) is 5.61. The van der Waals surface area contributed by atoms with Crippen LogP contribution in [0.1, 0.15) is 17.4 Å². The van der Waals surface area contributed by atoms with E-state index in [0.717, 1.165) is 0 Å². The largest absolute Gasteiger partial charge is 0.461 e. The fraction of sp³-hybridized carbons (Fsp3) is 0.182. The van der Waals surface area contributed by atoms with Gasteiger partial charge in [0, 0.05) is 0 Å². The maximum atomic E-state index is 13.9. The quantitative estimate of drug-likeness (QED) is 0.683. The van der Waals surface area contributed by atoms with E-state index in [1.165, 1.54) is 0 Å². The molecule has 9 heteroatoms. The molecule has 106 valence electrons. The number of carbonyl (C=O) groups is 1. The van der Waals surface area contributed by atoms with Crippen LogP contribution in [-0.4, -0.2) is 28.0 Å². The Labute approximate surface area is 119 Å². The Hall–Kier alpha value is -1.90. The van der Waals surface area contributed by atoms with Crippen molar-refractivity contribution in [2.75, 3.05) is 6.61 Å². The van der Waals surface area contributed by atoms with E-state index in [-0.39, 0.29) is 11.1 Å². The van der Waals surface area contributed by atoms with Crippen molar-refractivity contribution in [2.24, 2.45) is 0 Å². The second-order valence-corrected chi connectivity index (χ2v) is 4.44.